The highest BCUT2D eigenvalue weighted by molar-refractivity contribution is 5.97. The van der Waals surface area contributed by atoms with Crippen molar-refractivity contribution in [2.24, 2.45) is 0 Å². The van der Waals surface area contributed by atoms with Crippen molar-refractivity contribution in [1.82, 2.24) is 0 Å². The molecular formula is C10H7N3. The van der Waals surface area contributed by atoms with Crippen molar-refractivity contribution in [3.8, 4) is 12.1 Å². The molecule has 0 fully saturated rings. The second kappa shape index (κ2) is 4.04. The van der Waals surface area contributed by atoms with Crippen LogP contribution in [0.2, 0.25) is 0 Å². The van der Waals surface area contributed by atoms with Crippen LogP contribution in [0.15, 0.2) is 24.3 Å². The van der Waals surface area contributed by atoms with E-state index in [4.69, 9.17) is 15.9 Å². The van der Waals surface area contributed by atoms with Crippen LogP contribution in [0.5, 0.6) is 0 Å². The molecule has 0 amide bonds. The Balaban J connectivity index is 2.87. The lowest BCUT2D eigenvalue weighted by Gasteiger charge is -1.96. The molecule has 0 aliphatic carbocycles. The number of hydrogen-bond acceptors (Lipinski definition) is 3. The first-order valence-corrected chi connectivity index (χ1v) is 3.73. The van der Waals surface area contributed by atoms with Crippen LogP contribution in [0, 0.1) is 28.1 Å². The largest absolute Gasteiger partial charge is 0.294 e. The van der Waals surface area contributed by atoms with Gasteiger partial charge < -0.3 is 0 Å². The average Bonchev–Trinajstić information content (AvgIpc) is 2.18. The zero-order valence-electron chi connectivity index (χ0n) is 6.91. The van der Waals surface area contributed by atoms with Crippen molar-refractivity contribution in [1.29, 1.82) is 15.9 Å². The molecule has 1 aromatic carbocycles. The number of benzene rings is 1. The first kappa shape index (κ1) is 8.96. The van der Waals surface area contributed by atoms with Gasteiger partial charge in [-0.2, -0.15) is 10.5 Å². The predicted molar refractivity (Wildman–Crippen MR) is 48.2 cm³/mol. The summed E-state index contributed by atoms with van der Waals surface area (Å²) in [5.74, 6) is 0. The lowest BCUT2D eigenvalue weighted by Crippen LogP contribution is -1.97. The molecule has 0 radical (unpaired) electrons. The summed E-state index contributed by atoms with van der Waals surface area (Å²) in [5.41, 5.74) is 1.39. The van der Waals surface area contributed by atoms with Crippen molar-refractivity contribution >= 4 is 5.71 Å². The third kappa shape index (κ3) is 2.43. The summed E-state index contributed by atoms with van der Waals surface area (Å²) < 4.78 is 0. The topological polar surface area (TPSA) is 71.4 Å². The number of nitrogens with zero attached hydrogens (tertiary/aromatic N) is 2. The Morgan fingerprint density at radius 3 is 2.77 bits per heavy atom. The second-order valence-corrected chi connectivity index (χ2v) is 2.58. The molecule has 0 saturated heterocycles. The minimum atomic E-state index is 0.00934. The summed E-state index contributed by atoms with van der Waals surface area (Å²) in [7, 11) is 0. The highest BCUT2D eigenvalue weighted by Crippen LogP contribution is 2.04. The minimum absolute atomic E-state index is 0.00934. The van der Waals surface area contributed by atoms with Crippen molar-refractivity contribution in [2.45, 2.75) is 6.42 Å². The summed E-state index contributed by atoms with van der Waals surface area (Å²) in [5, 5.41) is 24.1. The van der Waals surface area contributed by atoms with E-state index in [0.29, 0.717) is 12.0 Å². The van der Waals surface area contributed by atoms with Gasteiger partial charge in [0, 0.05) is 6.42 Å². The fourth-order valence-electron chi connectivity index (χ4n) is 0.994. The second-order valence-electron chi connectivity index (χ2n) is 2.58. The Kier molecular flexibility index (Phi) is 2.78. The Labute approximate surface area is 76.4 Å². The quantitative estimate of drug-likeness (QED) is 0.683. The van der Waals surface area contributed by atoms with Crippen molar-refractivity contribution < 1.29 is 0 Å². The zero-order valence-corrected chi connectivity index (χ0v) is 6.91. The molecule has 0 unspecified atom stereocenters. The number of rotatable bonds is 2. The van der Waals surface area contributed by atoms with Gasteiger partial charge in [-0.3, -0.25) is 5.41 Å². The first-order valence-electron chi connectivity index (χ1n) is 3.73. The normalized spacial score (nSPS) is 8.46. The standard InChI is InChI=1S/C10H7N3/c11-6-9-3-1-2-8(4-9)5-10(13)7-12/h1-4,13H,5H2. The van der Waals surface area contributed by atoms with E-state index in [0.717, 1.165) is 5.56 Å². The molecule has 0 atom stereocenters. The maximum atomic E-state index is 8.58. The van der Waals surface area contributed by atoms with E-state index < -0.39 is 0 Å². The van der Waals surface area contributed by atoms with Gasteiger partial charge in [-0.25, -0.2) is 0 Å². The van der Waals surface area contributed by atoms with Crippen LogP contribution in [0.1, 0.15) is 11.1 Å². The molecule has 62 valence electrons. The number of hydrogen-bond donors (Lipinski definition) is 1. The van der Waals surface area contributed by atoms with Gasteiger partial charge in [0.15, 0.2) is 0 Å². The Hall–Kier alpha value is -2.13. The SMILES string of the molecule is N#CC(=N)Cc1cccc(C#N)c1. The van der Waals surface area contributed by atoms with Crippen LogP contribution in [0.25, 0.3) is 0 Å². The van der Waals surface area contributed by atoms with E-state index >= 15 is 0 Å². The molecule has 1 aromatic rings. The Morgan fingerprint density at radius 1 is 1.38 bits per heavy atom. The summed E-state index contributed by atoms with van der Waals surface area (Å²) in [6.07, 6.45) is 0.298. The molecule has 1 rings (SSSR count). The van der Waals surface area contributed by atoms with Gasteiger partial charge in [0.05, 0.1) is 11.6 Å². The summed E-state index contributed by atoms with van der Waals surface area (Å²) in [6.45, 7) is 0. The predicted octanol–water partition coefficient (Wildman–Crippen LogP) is 1.64. The lowest BCUT2D eigenvalue weighted by molar-refractivity contribution is 1.28. The molecule has 0 bridgehead atoms. The molecule has 0 heterocycles. The van der Waals surface area contributed by atoms with Crippen LogP contribution >= 0.6 is 0 Å². The van der Waals surface area contributed by atoms with Gasteiger partial charge in [-0.05, 0) is 17.7 Å². The van der Waals surface area contributed by atoms with Gasteiger partial charge in [0.25, 0.3) is 0 Å². The molecule has 13 heavy (non-hydrogen) atoms. The fraction of sp³-hybridized carbons (Fsp3) is 0.100. The molecule has 1 N–H and O–H groups in total. The minimum Gasteiger partial charge on any atom is -0.294 e. The zero-order chi connectivity index (χ0) is 9.68. The van der Waals surface area contributed by atoms with E-state index in [1.165, 1.54) is 0 Å². The first-order chi connectivity index (χ1) is 6.26. The molecule has 0 aromatic heterocycles. The summed E-state index contributed by atoms with van der Waals surface area (Å²) in [6, 6.07) is 10.7. The van der Waals surface area contributed by atoms with E-state index in [9.17, 15) is 0 Å². The van der Waals surface area contributed by atoms with Crippen LogP contribution in [-0.2, 0) is 6.42 Å². The van der Waals surface area contributed by atoms with E-state index in [1.807, 2.05) is 6.07 Å². The molecule has 0 aliphatic heterocycles. The van der Waals surface area contributed by atoms with Gasteiger partial charge in [-0.1, -0.05) is 12.1 Å². The molecular weight excluding hydrogens is 162 g/mol. The number of nitrogens with one attached hydrogen (secondary N) is 1. The number of nitriles is 2. The van der Waals surface area contributed by atoms with E-state index in [-0.39, 0.29) is 5.71 Å². The summed E-state index contributed by atoms with van der Waals surface area (Å²) >= 11 is 0. The van der Waals surface area contributed by atoms with Gasteiger partial charge in [0.2, 0.25) is 0 Å². The third-order valence-corrected chi connectivity index (χ3v) is 1.57. The highest BCUT2D eigenvalue weighted by atomic mass is 14.4. The highest BCUT2D eigenvalue weighted by Gasteiger charge is 1.98. The monoisotopic (exact) mass is 169 g/mol. The van der Waals surface area contributed by atoms with Crippen molar-refractivity contribution in [2.75, 3.05) is 0 Å². The van der Waals surface area contributed by atoms with Crippen molar-refractivity contribution in [3.63, 3.8) is 0 Å². The van der Waals surface area contributed by atoms with Gasteiger partial charge >= 0.3 is 0 Å². The molecule has 0 saturated carbocycles. The molecule has 3 nitrogen and oxygen atoms in total. The van der Waals surface area contributed by atoms with Crippen molar-refractivity contribution in [3.05, 3.63) is 35.4 Å². The molecule has 0 spiro atoms. The van der Waals surface area contributed by atoms with Crippen LogP contribution in [0.3, 0.4) is 0 Å². The fourth-order valence-corrected chi connectivity index (χ4v) is 0.994. The van der Waals surface area contributed by atoms with Crippen LogP contribution in [0.4, 0.5) is 0 Å². The molecule has 0 aliphatic rings. The van der Waals surface area contributed by atoms with Crippen LogP contribution < -0.4 is 0 Å². The maximum absolute atomic E-state index is 8.58. The molecule has 3 heteroatoms. The third-order valence-electron chi connectivity index (χ3n) is 1.57. The Bertz CT molecular complexity index is 407. The van der Waals surface area contributed by atoms with Gasteiger partial charge in [-0.15, -0.1) is 0 Å². The van der Waals surface area contributed by atoms with Gasteiger partial charge in [0.1, 0.15) is 11.8 Å². The van der Waals surface area contributed by atoms with Crippen LogP contribution in [-0.4, -0.2) is 5.71 Å². The van der Waals surface area contributed by atoms with E-state index in [1.54, 1.807) is 30.3 Å². The van der Waals surface area contributed by atoms with E-state index in [2.05, 4.69) is 0 Å². The summed E-state index contributed by atoms with van der Waals surface area (Å²) in [4.78, 5) is 0. The lowest BCUT2D eigenvalue weighted by atomic mass is 10.1. The average molecular weight is 169 g/mol. The maximum Gasteiger partial charge on any atom is 0.114 e. The smallest absolute Gasteiger partial charge is 0.114 e. The Morgan fingerprint density at radius 2 is 2.15 bits per heavy atom.